The molecule has 6 heteroatoms. The molecule has 0 atom stereocenters. The van der Waals surface area contributed by atoms with Gasteiger partial charge in [0.1, 0.15) is 17.1 Å². The summed E-state index contributed by atoms with van der Waals surface area (Å²) in [5.41, 5.74) is 0.491. The standard InChI is InChI=1S/C13H9BrFNO3/c1-7-2-3-8(14)4-11(7)19-12-10(13(17)18)5-9(15)6-16-12/h2-6H,1H3,(H,17,18). The van der Waals surface area contributed by atoms with Crippen molar-refractivity contribution in [1.29, 1.82) is 0 Å². The molecule has 0 bridgehead atoms. The van der Waals surface area contributed by atoms with Crippen LogP contribution in [0.3, 0.4) is 0 Å². The molecule has 0 radical (unpaired) electrons. The molecule has 1 N–H and O–H groups in total. The molecule has 0 spiro atoms. The van der Waals surface area contributed by atoms with Crippen molar-refractivity contribution in [2.75, 3.05) is 0 Å². The number of hydrogen-bond donors (Lipinski definition) is 1. The minimum Gasteiger partial charge on any atom is -0.477 e. The molecule has 19 heavy (non-hydrogen) atoms. The lowest BCUT2D eigenvalue weighted by Crippen LogP contribution is -2.03. The summed E-state index contributed by atoms with van der Waals surface area (Å²) in [5.74, 6) is -1.71. The van der Waals surface area contributed by atoms with Gasteiger partial charge in [-0.2, -0.15) is 0 Å². The molecule has 0 saturated heterocycles. The van der Waals surface area contributed by atoms with Crippen molar-refractivity contribution < 1.29 is 19.0 Å². The predicted molar refractivity (Wildman–Crippen MR) is 70.1 cm³/mol. The molecule has 1 aromatic heterocycles. The average Bonchev–Trinajstić information content (AvgIpc) is 2.35. The maximum atomic E-state index is 13.0. The van der Waals surface area contributed by atoms with Crippen LogP contribution in [0.25, 0.3) is 0 Å². The van der Waals surface area contributed by atoms with Gasteiger partial charge < -0.3 is 9.84 Å². The van der Waals surface area contributed by atoms with Crippen LogP contribution in [0.15, 0.2) is 34.9 Å². The van der Waals surface area contributed by atoms with Crippen LogP contribution in [0, 0.1) is 12.7 Å². The Balaban J connectivity index is 2.43. The summed E-state index contributed by atoms with van der Waals surface area (Å²) in [6.07, 6.45) is 0.912. The molecule has 0 fully saturated rings. The molecule has 0 aliphatic carbocycles. The van der Waals surface area contributed by atoms with E-state index in [1.165, 1.54) is 0 Å². The molecule has 1 aromatic carbocycles. The third-order valence-electron chi connectivity index (χ3n) is 2.41. The number of ether oxygens (including phenoxy) is 1. The molecule has 2 rings (SSSR count). The van der Waals surface area contributed by atoms with Crippen molar-refractivity contribution in [2.24, 2.45) is 0 Å². The number of hydrogen-bond acceptors (Lipinski definition) is 3. The fraction of sp³-hybridized carbons (Fsp3) is 0.0769. The lowest BCUT2D eigenvalue weighted by atomic mass is 10.2. The average molecular weight is 326 g/mol. The molecular weight excluding hydrogens is 317 g/mol. The highest BCUT2D eigenvalue weighted by Gasteiger charge is 2.16. The van der Waals surface area contributed by atoms with Crippen LogP contribution < -0.4 is 4.74 Å². The van der Waals surface area contributed by atoms with E-state index in [1.54, 1.807) is 6.07 Å². The van der Waals surface area contributed by atoms with Crippen molar-refractivity contribution in [2.45, 2.75) is 6.92 Å². The highest BCUT2D eigenvalue weighted by atomic mass is 79.9. The van der Waals surface area contributed by atoms with Gasteiger partial charge in [0.05, 0.1) is 6.20 Å². The topological polar surface area (TPSA) is 59.4 Å². The van der Waals surface area contributed by atoms with E-state index >= 15 is 0 Å². The first-order chi connectivity index (χ1) is 8.97. The first kappa shape index (κ1) is 13.5. The number of aromatic nitrogens is 1. The smallest absolute Gasteiger partial charge is 0.341 e. The summed E-state index contributed by atoms with van der Waals surface area (Å²) < 4.78 is 19.2. The maximum Gasteiger partial charge on any atom is 0.341 e. The van der Waals surface area contributed by atoms with Crippen LogP contribution in [0.1, 0.15) is 15.9 Å². The number of carboxylic acids is 1. The van der Waals surface area contributed by atoms with Gasteiger partial charge in [-0.3, -0.25) is 0 Å². The zero-order valence-electron chi connectivity index (χ0n) is 9.85. The van der Waals surface area contributed by atoms with E-state index in [4.69, 9.17) is 9.84 Å². The van der Waals surface area contributed by atoms with E-state index < -0.39 is 11.8 Å². The van der Waals surface area contributed by atoms with Crippen LogP contribution in [0.4, 0.5) is 4.39 Å². The second kappa shape index (κ2) is 5.36. The quantitative estimate of drug-likeness (QED) is 0.932. The number of benzene rings is 1. The minimum absolute atomic E-state index is 0.143. The molecule has 2 aromatic rings. The number of rotatable bonds is 3. The number of nitrogens with zero attached hydrogens (tertiary/aromatic N) is 1. The zero-order chi connectivity index (χ0) is 14.0. The first-order valence-electron chi connectivity index (χ1n) is 5.30. The van der Waals surface area contributed by atoms with E-state index in [1.807, 2.05) is 19.1 Å². The van der Waals surface area contributed by atoms with Crippen molar-refractivity contribution >= 4 is 21.9 Å². The van der Waals surface area contributed by atoms with E-state index in [0.29, 0.717) is 5.75 Å². The largest absolute Gasteiger partial charge is 0.477 e. The summed E-state index contributed by atoms with van der Waals surface area (Å²) >= 11 is 3.29. The Morgan fingerprint density at radius 3 is 2.84 bits per heavy atom. The van der Waals surface area contributed by atoms with Gasteiger partial charge in [-0.05, 0) is 30.7 Å². The van der Waals surface area contributed by atoms with Gasteiger partial charge in [-0.1, -0.05) is 22.0 Å². The monoisotopic (exact) mass is 325 g/mol. The molecule has 0 aliphatic heterocycles. The molecular formula is C13H9BrFNO3. The summed E-state index contributed by atoms with van der Waals surface area (Å²) in [4.78, 5) is 14.7. The van der Waals surface area contributed by atoms with Crippen molar-refractivity contribution in [3.8, 4) is 11.6 Å². The number of carboxylic acid groups (broad SMARTS) is 1. The van der Waals surface area contributed by atoms with Gasteiger partial charge in [0.15, 0.2) is 0 Å². The fourth-order valence-electron chi connectivity index (χ4n) is 1.45. The SMILES string of the molecule is Cc1ccc(Br)cc1Oc1ncc(F)cc1C(=O)O. The molecule has 98 valence electrons. The van der Waals surface area contributed by atoms with E-state index in [-0.39, 0.29) is 11.4 Å². The summed E-state index contributed by atoms with van der Waals surface area (Å²) in [6, 6.07) is 6.20. The van der Waals surface area contributed by atoms with Gasteiger partial charge in [0, 0.05) is 4.47 Å². The summed E-state index contributed by atoms with van der Waals surface area (Å²) in [7, 11) is 0. The van der Waals surface area contributed by atoms with Gasteiger partial charge in [-0.25, -0.2) is 14.2 Å². The second-order valence-electron chi connectivity index (χ2n) is 3.82. The molecule has 0 saturated carbocycles. The van der Waals surface area contributed by atoms with Crippen LogP contribution >= 0.6 is 15.9 Å². The van der Waals surface area contributed by atoms with Crippen LogP contribution in [-0.2, 0) is 0 Å². The highest BCUT2D eigenvalue weighted by Crippen LogP contribution is 2.29. The van der Waals surface area contributed by atoms with E-state index in [9.17, 15) is 9.18 Å². The van der Waals surface area contributed by atoms with E-state index in [0.717, 1.165) is 22.3 Å². The van der Waals surface area contributed by atoms with Crippen LogP contribution in [-0.4, -0.2) is 16.1 Å². The van der Waals surface area contributed by atoms with E-state index in [2.05, 4.69) is 20.9 Å². The first-order valence-corrected chi connectivity index (χ1v) is 6.09. The maximum absolute atomic E-state index is 13.0. The lowest BCUT2D eigenvalue weighted by molar-refractivity contribution is 0.0692. The molecule has 0 unspecified atom stereocenters. The van der Waals surface area contributed by atoms with Crippen LogP contribution in [0.2, 0.25) is 0 Å². The third-order valence-corrected chi connectivity index (χ3v) is 2.90. The van der Waals surface area contributed by atoms with Crippen molar-refractivity contribution in [3.05, 3.63) is 51.9 Å². The summed E-state index contributed by atoms with van der Waals surface area (Å²) in [6.45, 7) is 1.81. The number of pyridine rings is 1. The summed E-state index contributed by atoms with van der Waals surface area (Å²) in [5, 5.41) is 9.00. The van der Waals surface area contributed by atoms with Crippen LogP contribution in [0.5, 0.6) is 11.6 Å². The van der Waals surface area contributed by atoms with Gasteiger partial charge in [-0.15, -0.1) is 0 Å². The molecule has 0 aliphatic rings. The van der Waals surface area contributed by atoms with Crippen molar-refractivity contribution in [1.82, 2.24) is 4.98 Å². The molecule has 4 nitrogen and oxygen atoms in total. The third kappa shape index (κ3) is 3.08. The number of halogens is 2. The Bertz CT molecular complexity index is 646. The Morgan fingerprint density at radius 2 is 2.16 bits per heavy atom. The van der Waals surface area contributed by atoms with Crippen molar-refractivity contribution in [3.63, 3.8) is 0 Å². The minimum atomic E-state index is -1.30. The highest BCUT2D eigenvalue weighted by molar-refractivity contribution is 9.10. The molecule has 0 amide bonds. The van der Waals surface area contributed by atoms with Gasteiger partial charge in [0.2, 0.25) is 5.88 Å². The van der Waals surface area contributed by atoms with Gasteiger partial charge >= 0.3 is 5.97 Å². The van der Waals surface area contributed by atoms with Gasteiger partial charge in [0.25, 0.3) is 0 Å². The Labute approximate surface area is 117 Å². The molecule has 1 heterocycles. The number of aryl methyl sites for hydroxylation is 1. The Hall–Kier alpha value is -1.95. The normalized spacial score (nSPS) is 10.3. The fourth-order valence-corrected chi connectivity index (χ4v) is 1.79. The predicted octanol–water partition coefficient (Wildman–Crippen LogP) is 3.78. The Kier molecular flexibility index (Phi) is 3.80. The zero-order valence-corrected chi connectivity index (χ0v) is 11.4. The number of aromatic carboxylic acids is 1. The lowest BCUT2D eigenvalue weighted by Gasteiger charge is -2.10. The Morgan fingerprint density at radius 1 is 1.42 bits per heavy atom. The second-order valence-corrected chi connectivity index (χ2v) is 4.74. The number of carbonyl (C=O) groups is 1.